The number of carbonyl (C=O) groups excluding carboxylic acids is 1. The number of hydrogen-bond acceptors (Lipinski definition) is 3. The van der Waals surface area contributed by atoms with Gasteiger partial charge in [-0.3, -0.25) is 4.79 Å². The van der Waals surface area contributed by atoms with Gasteiger partial charge in [-0.25, -0.2) is 0 Å². The molecule has 0 saturated heterocycles. The lowest BCUT2D eigenvalue weighted by molar-refractivity contribution is 0.102. The number of nitrogens with one attached hydrogen (secondary N) is 1. The van der Waals surface area contributed by atoms with Crippen LogP contribution in [0.2, 0.25) is 0 Å². The lowest BCUT2D eigenvalue weighted by Crippen LogP contribution is -2.17. The minimum Gasteiger partial charge on any atom is -0.494 e. The SMILES string of the molecule is CCOc1ccc(-n2ccc(C#N)c2C(=O)Nc2ccc(C)c(C)c2)cc1. The van der Waals surface area contributed by atoms with Gasteiger partial charge in [-0.05, 0) is 74.4 Å². The molecule has 0 atom stereocenters. The normalized spacial score (nSPS) is 10.3. The number of ether oxygens (including phenoxy) is 1. The quantitative estimate of drug-likeness (QED) is 0.723. The van der Waals surface area contributed by atoms with Gasteiger partial charge < -0.3 is 14.6 Å². The first-order valence-corrected chi connectivity index (χ1v) is 8.76. The van der Waals surface area contributed by atoms with Crippen LogP contribution in [0.1, 0.15) is 34.1 Å². The summed E-state index contributed by atoms with van der Waals surface area (Å²) in [4.78, 5) is 12.9. The Morgan fingerprint density at radius 3 is 2.48 bits per heavy atom. The molecule has 1 aromatic heterocycles. The zero-order valence-electron chi connectivity index (χ0n) is 15.6. The minimum absolute atomic E-state index is 0.305. The van der Waals surface area contributed by atoms with E-state index in [0.717, 1.165) is 22.6 Å². The average Bonchev–Trinajstić information content (AvgIpc) is 3.10. The van der Waals surface area contributed by atoms with Crippen LogP contribution in [0.25, 0.3) is 5.69 Å². The second-order valence-electron chi connectivity index (χ2n) is 6.24. The van der Waals surface area contributed by atoms with E-state index in [9.17, 15) is 10.1 Å². The van der Waals surface area contributed by atoms with Crippen LogP contribution in [-0.2, 0) is 0 Å². The molecule has 136 valence electrons. The Bertz CT molecular complexity index is 1010. The van der Waals surface area contributed by atoms with E-state index in [1.807, 2.05) is 63.2 Å². The summed E-state index contributed by atoms with van der Waals surface area (Å²) in [6.45, 7) is 6.53. The molecule has 1 N–H and O–H groups in total. The second kappa shape index (κ2) is 7.79. The molecule has 0 aliphatic carbocycles. The molecule has 3 rings (SSSR count). The smallest absolute Gasteiger partial charge is 0.274 e. The second-order valence-corrected chi connectivity index (χ2v) is 6.24. The van der Waals surface area contributed by atoms with Crippen molar-refractivity contribution in [1.82, 2.24) is 4.57 Å². The molecule has 5 heteroatoms. The van der Waals surface area contributed by atoms with Crippen LogP contribution in [-0.4, -0.2) is 17.1 Å². The zero-order chi connectivity index (χ0) is 19.4. The highest BCUT2D eigenvalue weighted by atomic mass is 16.5. The van der Waals surface area contributed by atoms with Gasteiger partial charge >= 0.3 is 0 Å². The van der Waals surface area contributed by atoms with Gasteiger partial charge in [-0.1, -0.05) is 6.07 Å². The lowest BCUT2D eigenvalue weighted by Gasteiger charge is -2.12. The van der Waals surface area contributed by atoms with E-state index >= 15 is 0 Å². The molecule has 1 amide bonds. The van der Waals surface area contributed by atoms with Crippen LogP contribution in [0.15, 0.2) is 54.7 Å². The molecular formula is C22H21N3O2. The largest absolute Gasteiger partial charge is 0.494 e. The van der Waals surface area contributed by atoms with Crippen LogP contribution in [0.4, 0.5) is 5.69 Å². The first kappa shape index (κ1) is 18.3. The Morgan fingerprint density at radius 1 is 1.11 bits per heavy atom. The molecule has 2 aromatic carbocycles. The maximum absolute atomic E-state index is 12.9. The van der Waals surface area contributed by atoms with E-state index in [2.05, 4.69) is 11.4 Å². The third-order valence-corrected chi connectivity index (χ3v) is 4.41. The van der Waals surface area contributed by atoms with Gasteiger partial charge in [0.1, 0.15) is 17.5 Å². The lowest BCUT2D eigenvalue weighted by atomic mass is 10.1. The van der Waals surface area contributed by atoms with Crippen LogP contribution in [0.5, 0.6) is 5.75 Å². The van der Waals surface area contributed by atoms with Gasteiger partial charge in [-0.15, -0.1) is 0 Å². The molecule has 0 saturated carbocycles. The maximum Gasteiger partial charge on any atom is 0.274 e. The van der Waals surface area contributed by atoms with Crippen molar-refractivity contribution in [2.24, 2.45) is 0 Å². The molecule has 5 nitrogen and oxygen atoms in total. The van der Waals surface area contributed by atoms with Crippen molar-refractivity contribution in [2.45, 2.75) is 20.8 Å². The highest BCUT2D eigenvalue weighted by Gasteiger charge is 2.18. The van der Waals surface area contributed by atoms with Gasteiger partial charge in [0.2, 0.25) is 0 Å². The summed E-state index contributed by atoms with van der Waals surface area (Å²) in [5.41, 5.74) is 4.36. The van der Waals surface area contributed by atoms with Crippen molar-refractivity contribution < 1.29 is 9.53 Å². The first-order valence-electron chi connectivity index (χ1n) is 8.76. The summed E-state index contributed by atoms with van der Waals surface area (Å²) in [5, 5.41) is 12.3. The number of benzene rings is 2. The van der Waals surface area contributed by atoms with Gasteiger partial charge in [0.15, 0.2) is 0 Å². The standard InChI is InChI=1S/C22H21N3O2/c1-4-27-20-9-7-19(8-10-20)25-12-11-17(14-23)21(25)22(26)24-18-6-5-15(2)16(3)13-18/h5-13H,4H2,1-3H3,(H,24,26). The van der Waals surface area contributed by atoms with Gasteiger partial charge in [0.05, 0.1) is 12.2 Å². The van der Waals surface area contributed by atoms with Crippen LogP contribution >= 0.6 is 0 Å². The number of amides is 1. The number of aryl methyl sites for hydroxylation is 2. The first-order chi connectivity index (χ1) is 13.0. The summed E-state index contributed by atoms with van der Waals surface area (Å²) in [6, 6.07) is 16.9. The number of nitriles is 1. The average molecular weight is 359 g/mol. The summed E-state index contributed by atoms with van der Waals surface area (Å²) < 4.78 is 7.17. The molecule has 0 spiro atoms. The predicted molar refractivity (Wildman–Crippen MR) is 106 cm³/mol. The third kappa shape index (κ3) is 3.85. The number of hydrogen-bond donors (Lipinski definition) is 1. The molecule has 3 aromatic rings. The zero-order valence-corrected chi connectivity index (χ0v) is 15.6. The summed E-state index contributed by atoms with van der Waals surface area (Å²) in [6.07, 6.45) is 1.73. The molecule has 1 heterocycles. The van der Waals surface area contributed by atoms with Crippen LogP contribution in [0, 0.1) is 25.2 Å². The third-order valence-electron chi connectivity index (χ3n) is 4.41. The van der Waals surface area contributed by atoms with Gasteiger partial charge in [0.25, 0.3) is 5.91 Å². The molecule has 0 unspecified atom stereocenters. The number of nitrogens with zero attached hydrogens (tertiary/aromatic N) is 2. The Kier molecular flexibility index (Phi) is 5.28. The number of anilines is 1. The molecular weight excluding hydrogens is 338 g/mol. The predicted octanol–water partition coefficient (Wildman–Crippen LogP) is 4.62. The Labute approximate surface area is 158 Å². The van der Waals surface area contributed by atoms with E-state index in [1.165, 1.54) is 0 Å². The van der Waals surface area contributed by atoms with Crippen molar-refractivity contribution in [3.63, 3.8) is 0 Å². The fourth-order valence-electron chi connectivity index (χ4n) is 2.85. The molecule has 0 radical (unpaired) electrons. The van der Waals surface area contributed by atoms with E-state index in [0.29, 0.717) is 23.6 Å². The number of aromatic nitrogens is 1. The maximum atomic E-state index is 12.9. The highest BCUT2D eigenvalue weighted by Crippen LogP contribution is 2.22. The molecule has 0 aliphatic heterocycles. The molecule has 27 heavy (non-hydrogen) atoms. The highest BCUT2D eigenvalue weighted by molar-refractivity contribution is 6.05. The molecule has 0 aliphatic rings. The van der Waals surface area contributed by atoms with Crippen LogP contribution in [0.3, 0.4) is 0 Å². The molecule has 0 fully saturated rings. The van der Waals surface area contributed by atoms with Crippen molar-refractivity contribution >= 4 is 11.6 Å². The number of carbonyl (C=O) groups is 1. The van der Waals surface area contributed by atoms with E-state index in [1.54, 1.807) is 16.8 Å². The molecule has 0 bridgehead atoms. The van der Waals surface area contributed by atoms with Crippen molar-refractivity contribution in [1.29, 1.82) is 5.26 Å². The fourth-order valence-corrected chi connectivity index (χ4v) is 2.85. The Balaban J connectivity index is 1.94. The van der Waals surface area contributed by atoms with Crippen molar-refractivity contribution in [3.8, 4) is 17.5 Å². The van der Waals surface area contributed by atoms with Gasteiger partial charge in [0, 0.05) is 17.6 Å². The van der Waals surface area contributed by atoms with Crippen molar-refractivity contribution in [2.75, 3.05) is 11.9 Å². The van der Waals surface area contributed by atoms with Crippen LogP contribution < -0.4 is 10.1 Å². The van der Waals surface area contributed by atoms with E-state index in [-0.39, 0.29) is 5.91 Å². The van der Waals surface area contributed by atoms with E-state index in [4.69, 9.17) is 4.74 Å². The minimum atomic E-state index is -0.325. The monoisotopic (exact) mass is 359 g/mol. The topological polar surface area (TPSA) is 67.0 Å². The summed E-state index contributed by atoms with van der Waals surface area (Å²) in [7, 11) is 0. The summed E-state index contributed by atoms with van der Waals surface area (Å²) in [5.74, 6) is 0.434. The number of rotatable bonds is 5. The fraction of sp³-hybridized carbons (Fsp3) is 0.182. The Morgan fingerprint density at radius 2 is 1.85 bits per heavy atom. The summed E-state index contributed by atoms with van der Waals surface area (Å²) >= 11 is 0. The Hall–Kier alpha value is -3.52. The van der Waals surface area contributed by atoms with Gasteiger partial charge in [-0.2, -0.15) is 5.26 Å². The van der Waals surface area contributed by atoms with Crippen molar-refractivity contribution in [3.05, 3.63) is 77.1 Å². The van der Waals surface area contributed by atoms with E-state index < -0.39 is 0 Å².